The molecule has 1 aliphatic rings. The van der Waals surface area contributed by atoms with Crippen LogP contribution in [-0.2, 0) is 30.8 Å². The first-order chi connectivity index (χ1) is 16.2. The lowest BCUT2D eigenvalue weighted by atomic mass is 9.92. The van der Waals surface area contributed by atoms with Crippen molar-refractivity contribution in [2.24, 2.45) is 5.92 Å². The van der Waals surface area contributed by atoms with Gasteiger partial charge in [0.05, 0.1) is 23.0 Å². The van der Waals surface area contributed by atoms with Crippen molar-refractivity contribution in [3.05, 3.63) is 65.7 Å². The second-order valence-corrected chi connectivity index (χ2v) is 11.9. The Labute approximate surface area is 207 Å². The van der Waals surface area contributed by atoms with Crippen LogP contribution in [0, 0.1) is 12.8 Å². The Bertz CT molecular complexity index is 1070. The molecule has 8 heteroatoms. The molecule has 0 bridgehead atoms. The third-order valence-electron chi connectivity index (χ3n) is 5.84. The van der Waals surface area contributed by atoms with Crippen LogP contribution >= 0.6 is 11.8 Å². The van der Waals surface area contributed by atoms with Crippen LogP contribution in [-0.4, -0.2) is 54.7 Å². The maximum Gasteiger partial charge on any atom is 0.309 e. The van der Waals surface area contributed by atoms with Crippen LogP contribution in [0.5, 0.6) is 0 Å². The highest BCUT2D eigenvalue weighted by atomic mass is 32.2. The zero-order valence-corrected chi connectivity index (χ0v) is 21.6. The first kappa shape index (κ1) is 26.4. The molecule has 2 aromatic rings. The summed E-state index contributed by atoms with van der Waals surface area (Å²) in [7, 11) is -3.82. The highest BCUT2D eigenvalue weighted by Crippen LogP contribution is 2.28. The van der Waals surface area contributed by atoms with Gasteiger partial charge in [0.25, 0.3) is 0 Å². The topological polar surface area (TPSA) is 80.8 Å². The summed E-state index contributed by atoms with van der Waals surface area (Å²) in [6, 6.07) is 15.7. The molecule has 0 aliphatic carbocycles. The van der Waals surface area contributed by atoms with Gasteiger partial charge in [-0.05, 0) is 51.3 Å². The van der Waals surface area contributed by atoms with Gasteiger partial charge in [-0.15, -0.1) is 0 Å². The van der Waals surface area contributed by atoms with Gasteiger partial charge in [0, 0.05) is 24.5 Å². The van der Waals surface area contributed by atoms with Gasteiger partial charge < -0.3 is 4.74 Å². The number of thioether (sulfide) groups is 1. The monoisotopic (exact) mass is 503 g/mol. The van der Waals surface area contributed by atoms with Crippen molar-refractivity contribution in [2.75, 3.05) is 18.1 Å². The molecule has 34 heavy (non-hydrogen) atoms. The van der Waals surface area contributed by atoms with E-state index in [2.05, 4.69) is 0 Å². The number of hydrogen-bond acceptors (Lipinski definition) is 6. The molecule has 3 rings (SSSR count). The summed E-state index contributed by atoms with van der Waals surface area (Å²) >= 11 is 1.56. The second kappa shape index (κ2) is 12.0. The number of rotatable bonds is 10. The van der Waals surface area contributed by atoms with Crippen molar-refractivity contribution < 1.29 is 22.7 Å². The number of carbonyl (C=O) groups excluding carboxylic acids is 2. The van der Waals surface area contributed by atoms with E-state index in [0.717, 1.165) is 11.1 Å². The lowest BCUT2D eigenvalue weighted by Gasteiger charge is -2.34. The number of carbonyl (C=O) groups is 2. The number of sulfonamides is 1. The SMILES string of the molecule is Cc1ccc(S(=O)(=O)N2CCSC[C@H]2C(=O)C[C@H](CCc2ccccc2)C(=O)OC(C)C)cc1. The molecule has 1 aliphatic heterocycles. The summed E-state index contributed by atoms with van der Waals surface area (Å²) < 4.78 is 33.5. The molecule has 1 saturated heterocycles. The predicted molar refractivity (Wildman–Crippen MR) is 135 cm³/mol. The average Bonchev–Trinajstić information content (AvgIpc) is 2.82. The third kappa shape index (κ3) is 6.93. The van der Waals surface area contributed by atoms with Gasteiger partial charge in [0.15, 0.2) is 5.78 Å². The van der Waals surface area contributed by atoms with Crippen LogP contribution in [0.25, 0.3) is 0 Å². The Hall–Kier alpha value is -2.16. The zero-order chi connectivity index (χ0) is 24.7. The molecule has 1 fully saturated rings. The summed E-state index contributed by atoms with van der Waals surface area (Å²) in [6.07, 6.45) is 0.775. The van der Waals surface area contributed by atoms with E-state index in [-0.39, 0.29) is 29.7 Å². The molecule has 0 aromatic heterocycles. The molecule has 1 heterocycles. The molecule has 2 aromatic carbocycles. The number of aryl methyl sites for hydroxylation is 2. The van der Waals surface area contributed by atoms with Gasteiger partial charge in [-0.1, -0.05) is 48.0 Å². The van der Waals surface area contributed by atoms with Crippen LogP contribution in [0.15, 0.2) is 59.5 Å². The minimum Gasteiger partial charge on any atom is -0.463 e. The minimum absolute atomic E-state index is 0.0382. The van der Waals surface area contributed by atoms with E-state index in [1.807, 2.05) is 37.3 Å². The van der Waals surface area contributed by atoms with E-state index < -0.39 is 28.0 Å². The van der Waals surface area contributed by atoms with Crippen molar-refractivity contribution in [1.29, 1.82) is 0 Å². The Morgan fingerprint density at radius 3 is 2.41 bits per heavy atom. The molecule has 2 atom stereocenters. The van der Waals surface area contributed by atoms with Crippen LogP contribution < -0.4 is 0 Å². The van der Waals surface area contributed by atoms with E-state index in [0.29, 0.717) is 24.3 Å². The van der Waals surface area contributed by atoms with Gasteiger partial charge in [-0.25, -0.2) is 8.42 Å². The molecule has 0 spiro atoms. The van der Waals surface area contributed by atoms with Crippen LogP contribution in [0.4, 0.5) is 0 Å². The first-order valence-corrected chi connectivity index (χ1v) is 14.2. The van der Waals surface area contributed by atoms with Gasteiger partial charge in [-0.3, -0.25) is 9.59 Å². The average molecular weight is 504 g/mol. The van der Waals surface area contributed by atoms with Crippen molar-refractivity contribution in [1.82, 2.24) is 4.31 Å². The Kier molecular flexibility index (Phi) is 9.33. The van der Waals surface area contributed by atoms with Crippen molar-refractivity contribution in [3.8, 4) is 0 Å². The highest BCUT2D eigenvalue weighted by molar-refractivity contribution is 7.99. The summed E-state index contributed by atoms with van der Waals surface area (Å²) in [5.74, 6) is -0.251. The standard InChI is InChI=1S/C26H33NO5S2/c1-19(2)32-26(29)22(12-11-21-7-5-4-6-8-21)17-25(28)24-18-33-16-15-27(24)34(30,31)23-13-9-20(3)10-14-23/h4-10,13-14,19,22,24H,11-12,15-18H2,1-3H3/t22-,24-/m0/s1. The molecule has 0 amide bonds. The number of ketones is 1. The largest absolute Gasteiger partial charge is 0.463 e. The number of hydrogen-bond donors (Lipinski definition) is 0. The molecular formula is C26H33NO5S2. The Balaban J connectivity index is 1.78. The van der Waals surface area contributed by atoms with Gasteiger partial charge in [-0.2, -0.15) is 16.1 Å². The van der Waals surface area contributed by atoms with E-state index >= 15 is 0 Å². The smallest absolute Gasteiger partial charge is 0.309 e. The molecular weight excluding hydrogens is 470 g/mol. The molecule has 0 unspecified atom stereocenters. The van der Waals surface area contributed by atoms with E-state index in [4.69, 9.17) is 4.74 Å². The molecule has 0 N–H and O–H groups in total. The van der Waals surface area contributed by atoms with Crippen LogP contribution in [0.1, 0.15) is 37.8 Å². The van der Waals surface area contributed by atoms with Crippen LogP contribution in [0.3, 0.4) is 0 Å². The van der Waals surface area contributed by atoms with E-state index in [9.17, 15) is 18.0 Å². The molecule has 6 nitrogen and oxygen atoms in total. The zero-order valence-electron chi connectivity index (χ0n) is 20.0. The lowest BCUT2D eigenvalue weighted by Crippen LogP contribution is -2.50. The summed E-state index contributed by atoms with van der Waals surface area (Å²) in [5, 5.41) is 0. The van der Waals surface area contributed by atoms with Gasteiger partial charge in [0.2, 0.25) is 10.0 Å². The van der Waals surface area contributed by atoms with E-state index in [1.54, 1.807) is 49.9 Å². The molecule has 0 saturated carbocycles. The minimum atomic E-state index is -3.82. The molecule has 0 radical (unpaired) electrons. The Morgan fingerprint density at radius 2 is 1.76 bits per heavy atom. The maximum absolute atomic E-state index is 13.4. The third-order valence-corrected chi connectivity index (χ3v) is 8.78. The number of ether oxygens (including phenoxy) is 1. The number of nitrogens with zero attached hydrogens (tertiary/aromatic N) is 1. The summed E-state index contributed by atoms with van der Waals surface area (Å²) in [6.45, 7) is 5.72. The van der Waals surface area contributed by atoms with Gasteiger partial charge >= 0.3 is 5.97 Å². The number of esters is 1. The highest BCUT2D eigenvalue weighted by Gasteiger charge is 2.39. The quantitative estimate of drug-likeness (QED) is 0.451. The number of Topliss-reactive ketones (excluding diaryl/α,β-unsaturated/α-hetero) is 1. The van der Waals surface area contributed by atoms with Crippen molar-refractivity contribution >= 4 is 33.5 Å². The summed E-state index contributed by atoms with van der Waals surface area (Å²) in [5.41, 5.74) is 2.04. The number of benzene rings is 2. The first-order valence-electron chi connectivity index (χ1n) is 11.6. The fraction of sp³-hybridized carbons (Fsp3) is 0.462. The normalized spacial score (nSPS) is 17.9. The van der Waals surface area contributed by atoms with Crippen LogP contribution in [0.2, 0.25) is 0 Å². The van der Waals surface area contributed by atoms with Crippen molar-refractivity contribution in [2.45, 2.75) is 57.1 Å². The Morgan fingerprint density at radius 1 is 1.09 bits per heavy atom. The summed E-state index contributed by atoms with van der Waals surface area (Å²) in [4.78, 5) is 26.4. The van der Waals surface area contributed by atoms with Crippen molar-refractivity contribution in [3.63, 3.8) is 0 Å². The fourth-order valence-corrected chi connectivity index (χ4v) is 6.87. The maximum atomic E-state index is 13.4. The van der Waals surface area contributed by atoms with Gasteiger partial charge in [0.1, 0.15) is 0 Å². The second-order valence-electron chi connectivity index (χ2n) is 8.90. The fourth-order valence-electron chi connectivity index (χ4n) is 3.97. The predicted octanol–water partition coefficient (Wildman–Crippen LogP) is 4.26. The molecule has 184 valence electrons. The lowest BCUT2D eigenvalue weighted by molar-refractivity contribution is -0.154. The van der Waals surface area contributed by atoms with E-state index in [1.165, 1.54) is 4.31 Å².